The predicted molar refractivity (Wildman–Crippen MR) is 70.7 cm³/mol. The predicted octanol–water partition coefficient (Wildman–Crippen LogP) is 3.20. The summed E-state index contributed by atoms with van der Waals surface area (Å²) in [5.74, 6) is 0. The molecule has 0 amide bonds. The summed E-state index contributed by atoms with van der Waals surface area (Å²) in [6, 6.07) is 17.5. The summed E-state index contributed by atoms with van der Waals surface area (Å²) >= 11 is 0. The molecule has 3 aromatic heterocycles. The van der Waals surface area contributed by atoms with Gasteiger partial charge in [0.05, 0.1) is 22.8 Å². The van der Waals surface area contributed by atoms with Gasteiger partial charge in [-0.25, -0.2) is 4.98 Å². The van der Waals surface area contributed by atoms with E-state index in [2.05, 4.69) is 15.0 Å². The average molecular weight is 297 g/mol. The minimum Gasteiger partial charge on any atom is -0.255 e. The molecule has 0 saturated carbocycles. The molecule has 0 unspecified atom stereocenters. The summed E-state index contributed by atoms with van der Waals surface area (Å²) in [4.78, 5) is 13.2. The molecular formula is C15H11CuN3+2. The van der Waals surface area contributed by atoms with E-state index in [9.17, 15) is 0 Å². The molecule has 0 N–H and O–H groups in total. The molecule has 0 saturated heterocycles. The van der Waals surface area contributed by atoms with Crippen LogP contribution in [0.3, 0.4) is 0 Å². The molecule has 3 rings (SSSR count). The van der Waals surface area contributed by atoms with Gasteiger partial charge in [-0.2, -0.15) is 0 Å². The molecule has 3 heterocycles. The fraction of sp³-hybridized carbons (Fsp3) is 0. The fourth-order valence-electron chi connectivity index (χ4n) is 1.75. The van der Waals surface area contributed by atoms with Gasteiger partial charge in [0.15, 0.2) is 0 Å². The van der Waals surface area contributed by atoms with Crippen LogP contribution in [0.1, 0.15) is 0 Å². The maximum absolute atomic E-state index is 4.59. The van der Waals surface area contributed by atoms with Crippen molar-refractivity contribution in [2.45, 2.75) is 0 Å². The molecule has 0 bridgehead atoms. The second-order valence-corrected chi connectivity index (χ2v) is 3.84. The van der Waals surface area contributed by atoms with Crippen molar-refractivity contribution in [2.75, 3.05) is 0 Å². The Balaban J connectivity index is 0.00000133. The Kier molecular flexibility index (Phi) is 4.39. The quantitative estimate of drug-likeness (QED) is 0.682. The van der Waals surface area contributed by atoms with Crippen molar-refractivity contribution < 1.29 is 17.1 Å². The van der Waals surface area contributed by atoms with Gasteiger partial charge in [0, 0.05) is 12.4 Å². The van der Waals surface area contributed by atoms with E-state index in [1.54, 1.807) is 12.4 Å². The third kappa shape index (κ3) is 3.05. The summed E-state index contributed by atoms with van der Waals surface area (Å²) in [6.45, 7) is 0. The molecule has 0 aliphatic carbocycles. The van der Waals surface area contributed by atoms with Crippen LogP contribution in [0.4, 0.5) is 0 Å². The third-order valence-corrected chi connectivity index (χ3v) is 2.60. The van der Waals surface area contributed by atoms with Gasteiger partial charge in [0.1, 0.15) is 0 Å². The van der Waals surface area contributed by atoms with Crippen LogP contribution in [-0.2, 0) is 17.1 Å². The number of aromatic nitrogens is 3. The summed E-state index contributed by atoms with van der Waals surface area (Å²) in [5.41, 5.74) is 3.46. The van der Waals surface area contributed by atoms with Crippen molar-refractivity contribution >= 4 is 0 Å². The Hall–Kier alpha value is -2.03. The minimum atomic E-state index is 0. The van der Waals surface area contributed by atoms with Gasteiger partial charge in [-0.1, -0.05) is 18.2 Å². The molecular weight excluding hydrogens is 286 g/mol. The van der Waals surface area contributed by atoms with Crippen molar-refractivity contribution in [3.05, 3.63) is 67.0 Å². The van der Waals surface area contributed by atoms with E-state index in [4.69, 9.17) is 0 Å². The normalized spacial score (nSPS) is 9.68. The molecule has 0 spiro atoms. The van der Waals surface area contributed by atoms with Crippen LogP contribution in [0.5, 0.6) is 0 Å². The van der Waals surface area contributed by atoms with Gasteiger partial charge >= 0.3 is 17.1 Å². The number of pyridine rings is 3. The first-order valence-corrected chi connectivity index (χ1v) is 5.73. The van der Waals surface area contributed by atoms with Gasteiger partial charge in [0.2, 0.25) is 0 Å². The maximum Gasteiger partial charge on any atom is 2.00 e. The average Bonchev–Trinajstić information content (AvgIpc) is 2.49. The van der Waals surface area contributed by atoms with E-state index >= 15 is 0 Å². The zero-order valence-electron chi connectivity index (χ0n) is 9.99. The molecule has 95 valence electrons. The number of hydrogen-bond donors (Lipinski definition) is 0. The largest absolute Gasteiger partial charge is 2.00 e. The summed E-state index contributed by atoms with van der Waals surface area (Å²) < 4.78 is 0. The summed E-state index contributed by atoms with van der Waals surface area (Å²) in [7, 11) is 0. The SMILES string of the molecule is [Cu+2].c1ccc(-c2cccc(-c3ccccn3)n2)nc1. The van der Waals surface area contributed by atoms with Crippen LogP contribution >= 0.6 is 0 Å². The Labute approximate surface area is 122 Å². The van der Waals surface area contributed by atoms with Gasteiger partial charge in [0.25, 0.3) is 0 Å². The van der Waals surface area contributed by atoms with Crippen LogP contribution in [0.2, 0.25) is 0 Å². The van der Waals surface area contributed by atoms with Crippen molar-refractivity contribution in [1.29, 1.82) is 0 Å². The second-order valence-electron chi connectivity index (χ2n) is 3.84. The van der Waals surface area contributed by atoms with Crippen molar-refractivity contribution in [2.24, 2.45) is 0 Å². The molecule has 0 fully saturated rings. The number of rotatable bonds is 2. The van der Waals surface area contributed by atoms with E-state index in [1.807, 2.05) is 54.6 Å². The van der Waals surface area contributed by atoms with E-state index in [0.717, 1.165) is 22.8 Å². The molecule has 4 heteroatoms. The van der Waals surface area contributed by atoms with E-state index in [1.165, 1.54) is 0 Å². The van der Waals surface area contributed by atoms with Crippen molar-refractivity contribution in [3.63, 3.8) is 0 Å². The Morgan fingerprint density at radius 1 is 0.526 bits per heavy atom. The molecule has 0 aliphatic rings. The van der Waals surface area contributed by atoms with Gasteiger partial charge in [-0.3, -0.25) is 9.97 Å². The van der Waals surface area contributed by atoms with E-state index in [-0.39, 0.29) is 17.1 Å². The maximum atomic E-state index is 4.59. The first-order valence-electron chi connectivity index (χ1n) is 5.73. The van der Waals surface area contributed by atoms with Crippen molar-refractivity contribution in [1.82, 2.24) is 15.0 Å². The van der Waals surface area contributed by atoms with Crippen molar-refractivity contribution in [3.8, 4) is 22.8 Å². The molecule has 1 radical (unpaired) electrons. The molecule has 0 atom stereocenters. The van der Waals surface area contributed by atoms with E-state index in [0.29, 0.717) is 0 Å². The van der Waals surface area contributed by atoms with Crippen LogP contribution in [0, 0.1) is 0 Å². The number of hydrogen-bond acceptors (Lipinski definition) is 3. The first kappa shape index (κ1) is 13.4. The molecule has 0 aliphatic heterocycles. The molecule has 19 heavy (non-hydrogen) atoms. The Bertz CT molecular complexity index is 587. The summed E-state index contributed by atoms with van der Waals surface area (Å²) in [6.07, 6.45) is 3.54. The van der Waals surface area contributed by atoms with Gasteiger partial charge in [-0.05, 0) is 36.4 Å². The van der Waals surface area contributed by atoms with Crippen LogP contribution in [-0.4, -0.2) is 15.0 Å². The van der Waals surface area contributed by atoms with Crippen LogP contribution in [0.15, 0.2) is 67.0 Å². The molecule has 0 aromatic carbocycles. The number of nitrogens with zero attached hydrogens (tertiary/aromatic N) is 3. The molecule has 3 aromatic rings. The fourth-order valence-corrected chi connectivity index (χ4v) is 1.75. The molecule has 3 nitrogen and oxygen atoms in total. The van der Waals surface area contributed by atoms with Crippen LogP contribution in [0.25, 0.3) is 22.8 Å². The standard InChI is InChI=1S/C15H11N3.Cu/c1-3-10-16-12(6-1)14-8-5-9-15(18-14)13-7-2-4-11-17-13;/h1-11H;/q;+2. The smallest absolute Gasteiger partial charge is 0.255 e. The third-order valence-electron chi connectivity index (χ3n) is 2.60. The first-order chi connectivity index (χ1) is 8.93. The summed E-state index contributed by atoms with van der Waals surface area (Å²) in [5, 5.41) is 0. The Morgan fingerprint density at radius 3 is 1.42 bits per heavy atom. The minimum absolute atomic E-state index is 0. The second kappa shape index (κ2) is 6.23. The topological polar surface area (TPSA) is 38.7 Å². The zero-order chi connectivity index (χ0) is 12.2. The van der Waals surface area contributed by atoms with Crippen LogP contribution < -0.4 is 0 Å². The van der Waals surface area contributed by atoms with Gasteiger partial charge in [-0.15, -0.1) is 0 Å². The van der Waals surface area contributed by atoms with E-state index < -0.39 is 0 Å². The zero-order valence-corrected chi connectivity index (χ0v) is 10.9. The van der Waals surface area contributed by atoms with Gasteiger partial charge < -0.3 is 0 Å². The monoisotopic (exact) mass is 296 g/mol. The Morgan fingerprint density at radius 2 is 1.00 bits per heavy atom.